The van der Waals surface area contributed by atoms with Crippen LogP contribution in [0.25, 0.3) is 0 Å². The zero-order valence-corrected chi connectivity index (χ0v) is 17.4. The van der Waals surface area contributed by atoms with Crippen molar-refractivity contribution in [3.63, 3.8) is 0 Å². The van der Waals surface area contributed by atoms with E-state index in [1.807, 2.05) is 25.7 Å². The first-order valence-electron chi connectivity index (χ1n) is 9.60. The molecule has 1 aliphatic rings. The van der Waals surface area contributed by atoms with Gasteiger partial charge in [0.2, 0.25) is 17.7 Å². The van der Waals surface area contributed by atoms with E-state index in [0.29, 0.717) is 37.4 Å². The minimum atomic E-state index is -0.410. The average molecular weight is 389 g/mol. The summed E-state index contributed by atoms with van der Waals surface area (Å²) in [6.45, 7) is 6.87. The van der Waals surface area contributed by atoms with Crippen LogP contribution in [-0.4, -0.2) is 61.3 Å². The fourth-order valence-corrected chi connectivity index (χ4v) is 3.28. The summed E-state index contributed by atoms with van der Waals surface area (Å²) in [5.74, 6) is 0.379. The van der Waals surface area contributed by atoms with Gasteiger partial charge in [-0.25, -0.2) is 0 Å². The van der Waals surface area contributed by atoms with Crippen molar-refractivity contribution in [3.8, 4) is 5.75 Å². The van der Waals surface area contributed by atoms with E-state index in [1.165, 1.54) is 4.90 Å². The molecule has 1 fully saturated rings. The zero-order chi connectivity index (χ0) is 20.9. The van der Waals surface area contributed by atoms with Crippen molar-refractivity contribution in [2.45, 2.75) is 33.6 Å². The molecular formula is C21H31N3O4. The topological polar surface area (TPSA) is 79.0 Å². The van der Waals surface area contributed by atoms with Crippen LogP contribution in [0.2, 0.25) is 0 Å². The molecule has 1 aliphatic heterocycles. The number of carbonyl (C=O) groups is 3. The van der Waals surface area contributed by atoms with E-state index in [9.17, 15) is 14.4 Å². The highest BCUT2D eigenvalue weighted by Gasteiger charge is 2.33. The van der Waals surface area contributed by atoms with Gasteiger partial charge >= 0.3 is 0 Å². The van der Waals surface area contributed by atoms with Crippen LogP contribution in [0.1, 0.15) is 33.6 Å². The molecule has 1 heterocycles. The monoisotopic (exact) mass is 389 g/mol. The van der Waals surface area contributed by atoms with Gasteiger partial charge in [-0.3, -0.25) is 14.4 Å². The summed E-state index contributed by atoms with van der Waals surface area (Å²) in [4.78, 5) is 40.6. The molecule has 1 saturated heterocycles. The summed E-state index contributed by atoms with van der Waals surface area (Å²) >= 11 is 0. The zero-order valence-electron chi connectivity index (χ0n) is 17.4. The molecule has 1 aromatic rings. The van der Waals surface area contributed by atoms with Crippen LogP contribution in [0.4, 0.5) is 5.69 Å². The third kappa shape index (κ3) is 5.71. The predicted molar refractivity (Wildman–Crippen MR) is 108 cm³/mol. The Morgan fingerprint density at radius 3 is 2.21 bits per heavy atom. The molecule has 0 spiro atoms. The SMILES string of the molecule is COc1ccc(NC(=O)CN(C)C(=O)C2CCN(C(=O)C(C)(C)C)CC2)cc1. The first-order chi connectivity index (χ1) is 13.1. The summed E-state index contributed by atoms with van der Waals surface area (Å²) in [7, 11) is 3.22. The van der Waals surface area contributed by atoms with Gasteiger partial charge in [0.05, 0.1) is 13.7 Å². The molecule has 0 aliphatic carbocycles. The largest absolute Gasteiger partial charge is 0.497 e. The molecular weight excluding hydrogens is 358 g/mol. The lowest BCUT2D eigenvalue weighted by Gasteiger charge is -2.36. The number of likely N-dealkylation sites (tertiary alicyclic amines) is 1. The van der Waals surface area contributed by atoms with Crippen LogP contribution in [0.3, 0.4) is 0 Å². The third-order valence-electron chi connectivity index (χ3n) is 4.90. The number of rotatable bonds is 5. The first-order valence-corrected chi connectivity index (χ1v) is 9.60. The Bertz CT molecular complexity index is 701. The number of nitrogens with one attached hydrogen (secondary N) is 1. The fraction of sp³-hybridized carbons (Fsp3) is 0.571. The highest BCUT2D eigenvalue weighted by molar-refractivity contribution is 5.94. The third-order valence-corrected chi connectivity index (χ3v) is 4.90. The Morgan fingerprint density at radius 1 is 1.14 bits per heavy atom. The van der Waals surface area contributed by atoms with Gasteiger partial charge < -0.3 is 19.9 Å². The summed E-state index contributed by atoms with van der Waals surface area (Å²) in [5.41, 5.74) is 0.244. The molecule has 0 aromatic heterocycles. The molecule has 1 aromatic carbocycles. The number of amides is 3. The number of hydrogen-bond donors (Lipinski definition) is 1. The van der Waals surface area contributed by atoms with Crippen molar-refractivity contribution in [1.82, 2.24) is 9.80 Å². The molecule has 154 valence electrons. The van der Waals surface area contributed by atoms with Gasteiger partial charge in [0.1, 0.15) is 5.75 Å². The molecule has 1 N–H and O–H groups in total. The number of anilines is 1. The van der Waals surface area contributed by atoms with Crippen LogP contribution < -0.4 is 10.1 Å². The van der Waals surface area contributed by atoms with Gasteiger partial charge in [0, 0.05) is 37.2 Å². The number of ether oxygens (including phenoxy) is 1. The Balaban J connectivity index is 1.82. The van der Waals surface area contributed by atoms with Crippen molar-refractivity contribution in [3.05, 3.63) is 24.3 Å². The van der Waals surface area contributed by atoms with Gasteiger partial charge in [-0.1, -0.05) is 20.8 Å². The Kier molecular flexibility index (Phi) is 7.05. The normalized spacial score (nSPS) is 15.1. The Labute approximate surface area is 167 Å². The lowest BCUT2D eigenvalue weighted by Crippen LogP contribution is -2.47. The molecule has 0 atom stereocenters. The Morgan fingerprint density at radius 2 is 1.71 bits per heavy atom. The van der Waals surface area contributed by atoms with Gasteiger partial charge in [-0.2, -0.15) is 0 Å². The lowest BCUT2D eigenvalue weighted by atomic mass is 9.90. The second-order valence-electron chi connectivity index (χ2n) is 8.29. The smallest absolute Gasteiger partial charge is 0.243 e. The molecule has 0 bridgehead atoms. The second kappa shape index (κ2) is 9.08. The summed E-state index contributed by atoms with van der Waals surface area (Å²) < 4.78 is 5.09. The number of hydrogen-bond acceptors (Lipinski definition) is 4. The maximum absolute atomic E-state index is 12.7. The predicted octanol–water partition coefficient (Wildman–Crippen LogP) is 2.38. The molecule has 28 heavy (non-hydrogen) atoms. The number of nitrogens with zero attached hydrogens (tertiary/aromatic N) is 2. The summed E-state index contributed by atoms with van der Waals surface area (Å²) in [6, 6.07) is 7.02. The maximum Gasteiger partial charge on any atom is 0.243 e. The first kappa shape index (κ1) is 21.7. The number of benzene rings is 1. The quantitative estimate of drug-likeness (QED) is 0.839. The number of methoxy groups -OCH3 is 1. The lowest BCUT2D eigenvalue weighted by molar-refractivity contribution is -0.144. The van der Waals surface area contributed by atoms with E-state index in [2.05, 4.69) is 5.32 Å². The molecule has 0 radical (unpaired) electrons. The van der Waals surface area contributed by atoms with Crippen LogP contribution in [0.15, 0.2) is 24.3 Å². The van der Waals surface area contributed by atoms with E-state index in [1.54, 1.807) is 38.4 Å². The fourth-order valence-electron chi connectivity index (χ4n) is 3.28. The molecule has 7 heteroatoms. The number of piperidine rings is 1. The Hall–Kier alpha value is -2.57. The minimum Gasteiger partial charge on any atom is -0.497 e. The van der Waals surface area contributed by atoms with E-state index in [-0.39, 0.29) is 30.2 Å². The van der Waals surface area contributed by atoms with Crippen LogP contribution in [-0.2, 0) is 14.4 Å². The van der Waals surface area contributed by atoms with Gasteiger partial charge in [-0.15, -0.1) is 0 Å². The van der Waals surface area contributed by atoms with Gasteiger partial charge in [0.15, 0.2) is 0 Å². The van der Waals surface area contributed by atoms with E-state index < -0.39 is 5.41 Å². The molecule has 2 rings (SSSR count). The minimum absolute atomic E-state index is 0.00794. The molecule has 0 unspecified atom stereocenters. The standard InChI is InChI=1S/C21H31N3O4/c1-21(2,3)20(27)24-12-10-15(11-13-24)19(26)23(4)14-18(25)22-16-6-8-17(28-5)9-7-16/h6-9,15H,10-14H2,1-5H3,(H,22,25). The maximum atomic E-state index is 12.7. The highest BCUT2D eigenvalue weighted by atomic mass is 16.5. The van der Waals surface area contributed by atoms with Crippen molar-refractivity contribution in [2.24, 2.45) is 11.3 Å². The summed E-state index contributed by atoms with van der Waals surface area (Å²) in [5, 5.41) is 2.78. The van der Waals surface area contributed by atoms with Crippen molar-refractivity contribution in [1.29, 1.82) is 0 Å². The summed E-state index contributed by atoms with van der Waals surface area (Å²) in [6.07, 6.45) is 1.26. The molecule has 0 saturated carbocycles. The molecule has 3 amide bonds. The van der Waals surface area contributed by atoms with Crippen LogP contribution in [0.5, 0.6) is 5.75 Å². The van der Waals surface area contributed by atoms with E-state index in [0.717, 1.165) is 0 Å². The number of likely N-dealkylation sites (N-methyl/N-ethyl adjacent to an activating group) is 1. The van der Waals surface area contributed by atoms with Gasteiger partial charge in [-0.05, 0) is 37.1 Å². The van der Waals surface area contributed by atoms with Crippen molar-refractivity contribution in [2.75, 3.05) is 39.1 Å². The van der Waals surface area contributed by atoms with Crippen molar-refractivity contribution >= 4 is 23.4 Å². The van der Waals surface area contributed by atoms with Crippen LogP contribution >= 0.6 is 0 Å². The second-order valence-corrected chi connectivity index (χ2v) is 8.29. The van der Waals surface area contributed by atoms with E-state index >= 15 is 0 Å². The molecule has 7 nitrogen and oxygen atoms in total. The number of carbonyl (C=O) groups excluding carboxylic acids is 3. The average Bonchev–Trinajstić information content (AvgIpc) is 2.66. The van der Waals surface area contributed by atoms with Gasteiger partial charge in [0.25, 0.3) is 0 Å². The highest BCUT2D eigenvalue weighted by Crippen LogP contribution is 2.24. The van der Waals surface area contributed by atoms with E-state index in [4.69, 9.17) is 4.74 Å². The van der Waals surface area contributed by atoms with Crippen molar-refractivity contribution < 1.29 is 19.1 Å². The van der Waals surface area contributed by atoms with Crippen LogP contribution in [0, 0.1) is 11.3 Å².